The van der Waals surface area contributed by atoms with Crippen molar-refractivity contribution in [3.63, 3.8) is 0 Å². The Bertz CT molecular complexity index is 3480. The molecule has 7 aromatic carbocycles. The minimum Gasteiger partial charge on any atom is -0.507 e. The molecule has 9 rings (SSSR count). The monoisotopic (exact) mass is 790 g/mol. The second-order valence-corrected chi connectivity index (χ2v) is 16.2. The van der Waals surface area contributed by atoms with Gasteiger partial charge in [0.25, 0.3) is 0 Å². The number of pyridine rings is 1. The average molecular weight is 791 g/mol. The number of hydrogen-bond acceptors (Lipinski definition) is 3. The molecule has 294 valence electrons. The van der Waals surface area contributed by atoms with Crippen LogP contribution in [0.3, 0.4) is 0 Å². The van der Waals surface area contributed by atoms with Gasteiger partial charge in [0.1, 0.15) is 11.6 Å². The maximum absolute atomic E-state index is 12.7. The quantitative estimate of drug-likeness (QED) is 0.175. The van der Waals surface area contributed by atoms with Gasteiger partial charge in [0.15, 0.2) is 0 Å². The Kier molecular flexibility index (Phi) is 7.03. The zero-order valence-corrected chi connectivity index (χ0v) is 33.7. The fraction of sp³-hybridized carbons (Fsp3) is 0.143. The molecule has 0 saturated carbocycles. The summed E-state index contributed by atoms with van der Waals surface area (Å²) in [6.45, 7) is 0.737. The molecule has 0 aliphatic rings. The van der Waals surface area contributed by atoms with Gasteiger partial charge in [-0.25, -0.2) is 4.98 Å². The number of rotatable bonds is 7. The largest absolute Gasteiger partial charge is 0.507 e. The third-order valence-electron chi connectivity index (χ3n) is 10.9. The van der Waals surface area contributed by atoms with E-state index in [2.05, 4.69) is 0 Å². The van der Waals surface area contributed by atoms with E-state index in [1.165, 1.54) is 6.07 Å². The summed E-state index contributed by atoms with van der Waals surface area (Å²) in [5.74, 6) is -0.351. The number of nitrogens with zero attached hydrogens (tertiary/aromatic N) is 3. The summed E-state index contributed by atoms with van der Waals surface area (Å²) < 4.78 is 97.4. The van der Waals surface area contributed by atoms with Gasteiger partial charge in [-0.15, -0.1) is 0 Å². The first-order valence-corrected chi connectivity index (χ1v) is 19.8. The number of benzene rings is 7. The molecule has 0 bridgehead atoms. The Morgan fingerprint density at radius 2 is 1.22 bits per heavy atom. The van der Waals surface area contributed by atoms with Gasteiger partial charge in [0, 0.05) is 36.7 Å². The van der Waals surface area contributed by atoms with Crippen molar-refractivity contribution in [2.24, 2.45) is 0 Å². The SMILES string of the molecule is [2H]c1c([2H])c([2H])c(-c2cc(-c3cc(-c4ccccc4)ccn3)cc(-c3cccc4c3nc(-c3cc(C(C)(C)C)cc(C(C)(C([2H])([2H])[2H])C([2H])([2H])[2H])c3O)n4-c3ccccc3-c3ccccc3)c2)c([2H])c1[2H]. The van der Waals surface area contributed by atoms with Crippen LogP contribution in [0, 0.1) is 0 Å². The van der Waals surface area contributed by atoms with Crippen LogP contribution in [0.5, 0.6) is 5.75 Å². The van der Waals surface area contributed by atoms with Crippen molar-refractivity contribution in [1.29, 1.82) is 0 Å². The van der Waals surface area contributed by atoms with Gasteiger partial charge in [0.05, 0.1) is 34.8 Å². The Morgan fingerprint density at radius 1 is 0.550 bits per heavy atom. The molecule has 0 radical (unpaired) electrons. The van der Waals surface area contributed by atoms with Crippen molar-refractivity contribution in [2.75, 3.05) is 0 Å². The van der Waals surface area contributed by atoms with E-state index in [4.69, 9.17) is 25.0 Å². The Hall–Kier alpha value is -7.04. The first-order chi connectivity index (χ1) is 33.5. The zero-order chi connectivity index (χ0) is 50.9. The highest BCUT2D eigenvalue weighted by Crippen LogP contribution is 2.45. The number of phenols is 1. The van der Waals surface area contributed by atoms with Crippen LogP contribution in [0.15, 0.2) is 182 Å². The van der Waals surface area contributed by atoms with E-state index in [0.717, 1.165) is 29.2 Å². The summed E-state index contributed by atoms with van der Waals surface area (Å²) >= 11 is 0. The lowest BCUT2D eigenvalue weighted by molar-refractivity contribution is 0.446. The standard InChI is InChI=1S/C56H49N3O/c1-55(2,3)44-35-47(53(60)48(36-44)56(4,5)6)54-58-52-46(26-18-28-51(52)59(54)50-27-17-16-25-45(50)39-23-14-9-15-24-39)42-31-41(38-21-12-8-13-22-38)32-43(33-42)49-34-40(29-30-57-49)37-19-10-7-11-20-37/h7-36,60H,1-6H3/i4D3,5D3,8D,12D,13D,21D,22D. The molecule has 0 aliphatic heterocycles. The first-order valence-electron chi connectivity index (χ1n) is 25.3. The third kappa shape index (κ3) is 7.30. The zero-order valence-electron chi connectivity index (χ0n) is 44.7. The Labute approximate surface area is 369 Å². The smallest absolute Gasteiger partial charge is 0.149 e. The summed E-state index contributed by atoms with van der Waals surface area (Å²) in [7, 11) is 0. The lowest BCUT2D eigenvalue weighted by Crippen LogP contribution is -2.17. The maximum atomic E-state index is 12.7. The molecule has 1 N–H and O–H groups in total. The lowest BCUT2D eigenvalue weighted by atomic mass is 9.79. The van der Waals surface area contributed by atoms with Gasteiger partial charge >= 0.3 is 0 Å². The molecule has 4 nitrogen and oxygen atoms in total. The number of aromatic nitrogens is 3. The second kappa shape index (κ2) is 15.3. The number of phenolic OH excluding ortho intramolecular Hbond substituents is 1. The van der Waals surface area contributed by atoms with Crippen molar-refractivity contribution >= 4 is 11.0 Å². The summed E-state index contributed by atoms with van der Waals surface area (Å²) in [4.78, 5) is 10.2. The fourth-order valence-corrected chi connectivity index (χ4v) is 7.77. The van der Waals surface area contributed by atoms with Crippen LogP contribution in [0.1, 0.15) is 67.6 Å². The number of imidazole rings is 1. The van der Waals surface area contributed by atoms with Crippen LogP contribution in [0.2, 0.25) is 0 Å². The molecule has 0 saturated heterocycles. The number of fused-ring (bicyclic) bond motifs is 1. The van der Waals surface area contributed by atoms with Gasteiger partial charge in [-0.05, 0) is 98.3 Å². The summed E-state index contributed by atoms with van der Waals surface area (Å²) in [6, 6.07) is 43.1. The van der Waals surface area contributed by atoms with Crippen molar-refractivity contribution < 1.29 is 20.2 Å². The normalized spacial score (nSPS) is 15.0. The number of hydrogen-bond donors (Lipinski definition) is 1. The van der Waals surface area contributed by atoms with Gasteiger partial charge < -0.3 is 5.11 Å². The average Bonchev–Trinajstić information content (AvgIpc) is 3.74. The molecule has 60 heavy (non-hydrogen) atoms. The van der Waals surface area contributed by atoms with E-state index in [9.17, 15) is 5.11 Å². The van der Waals surface area contributed by atoms with Crippen LogP contribution in [-0.2, 0) is 10.8 Å². The summed E-state index contributed by atoms with van der Waals surface area (Å²) in [5, 5.41) is 12.7. The van der Waals surface area contributed by atoms with Gasteiger partial charge in [-0.2, -0.15) is 0 Å². The highest BCUT2D eigenvalue weighted by molar-refractivity contribution is 5.98. The van der Waals surface area contributed by atoms with Crippen LogP contribution in [-0.4, -0.2) is 19.6 Å². The van der Waals surface area contributed by atoms with Gasteiger partial charge in [-0.3, -0.25) is 9.55 Å². The lowest BCUT2D eigenvalue weighted by Gasteiger charge is -2.27. The summed E-state index contributed by atoms with van der Waals surface area (Å²) in [6.07, 6.45) is 1.70. The molecule has 2 heterocycles. The van der Waals surface area contributed by atoms with Crippen LogP contribution in [0.25, 0.3) is 83.9 Å². The molecule has 9 aromatic rings. The molecular weight excluding hydrogens is 731 g/mol. The summed E-state index contributed by atoms with van der Waals surface area (Å²) in [5.41, 5.74) is 4.97. The van der Waals surface area contributed by atoms with E-state index in [-0.39, 0.29) is 34.6 Å². The van der Waals surface area contributed by atoms with E-state index in [0.29, 0.717) is 50.2 Å². The van der Waals surface area contributed by atoms with E-state index >= 15 is 0 Å². The van der Waals surface area contributed by atoms with E-state index in [1.807, 2.05) is 147 Å². The minimum absolute atomic E-state index is 0.00324. The molecule has 0 unspecified atom stereocenters. The van der Waals surface area contributed by atoms with Crippen molar-refractivity contribution in [3.05, 3.63) is 193 Å². The molecular formula is C56H49N3O. The second-order valence-electron chi connectivity index (χ2n) is 16.2. The number of aromatic hydroxyl groups is 1. The van der Waals surface area contributed by atoms with Gasteiger partial charge in [0.2, 0.25) is 0 Å². The van der Waals surface area contributed by atoms with Crippen LogP contribution >= 0.6 is 0 Å². The molecule has 0 fully saturated rings. The predicted octanol–water partition coefficient (Wildman–Crippen LogP) is 14.7. The fourth-order valence-electron chi connectivity index (χ4n) is 7.77. The molecule has 4 heteroatoms. The van der Waals surface area contributed by atoms with Crippen LogP contribution in [0.4, 0.5) is 0 Å². The predicted molar refractivity (Wildman–Crippen MR) is 251 cm³/mol. The van der Waals surface area contributed by atoms with Crippen LogP contribution < -0.4 is 0 Å². The third-order valence-corrected chi connectivity index (χ3v) is 10.9. The topological polar surface area (TPSA) is 50.9 Å². The van der Waals surface area contributed by atoms with E-state index < -0.39 is 48.4 Å². The van der Waals surface area contributed by atoms with Gasteiger partial charge in [-0.1, -0.05) is 169 Å². The van der Waals surface area contributed by atoms with Crippen molar-refractivity contribution in [2.45, 2.75) is 52.2 Å². The van der Waals surface area contributed by atoms with Crippen molar-refractivity contribution in [3.8, 4) is 78.6 Å². The van der Waals surface area contributed by atoms with E-state index in [1.54, 1.807) is 24.4 Å². The maximum Gasteiger partial charge on any atom is 0.149 e. The highest BCUT2D eigenvalue weighted by Gasteiger charge is 2.29. The Morgan fingerprint density at radius 3 is 1.95 bits per heavy atom. The minimum atomic E-state index is -3.09. The molecule has 0 aliphatic carbocycles. The highest BCUT2D eigenvalue weighted by atomic mass is 16.3. The molecule has 0 atom stereocenters. The molecule has 0 spiro atoms. The molecule has 0 amide bonds. The first kappa shape index (κ1) is 27.6. The Balaban J connectivity index is 1.41. The number of para-hydroxylation sites is 2. The van der Waals surface area contributed by atoms with Crippen molar-refractivity contribution in [1.82, 2.24) is 14.5 Å². The molecule has 2 aromatic heterocycles.